The third kappa shape index (κ3) is 1.99. The van der Waals surface area contributed by atoms with Gasteiger partial charge in [-0.3, -0.25) is 4.90 Å². The quantitative estimate of drug-likeness (QED) is 0.607. The van der Waals surface area contributed by atoms with E-state index in [1.807, 2.05) is 0 Å². The fourth-order valence-electron chi connectivity index (χ4n) is 2.08. The molecule has 1 heterocycles. The molecular formula is C10H20N2. The largest absolute Gasteiger partial charge is 0.304 e. The summed E-state index contributed by atoms with van der Waals surface area (Å²) >= 11 is 0. The van der Waals surface area contributed by atoms with E-state index in [1.54, 1.807) is 0 Å². The summed E-state index contributed by atoms with van der Waals surface area (Å²) in [6.45, 7) is 7.53. The van der Waals surface area contributed by atoms with Gasteiger partial charge in [0.25, 0.3) is 0 Å². The third-order valence-electron chi connectivity index (χ3n) is 3.16. The van der Waals surface area contributed by atoms with Gasteiger partial charge < -0.3 is 4.90 Å². The molecule has 0 aromatic carbocycles. The van der Waals surface area contributed by atoms with Crippen molar-refractivity contribution in [1.29, 1.82) is 0 Å². The first-order chi connectivity index (χ1) is 5.75. The minimum atomic E-state index is 0.782. The number of nitrogens with zero attached hydrogens (tertiary/aromatic N) is 2. The molecule has 0 aromatic rings. The lowest BCUT2D eigenvalue weighted by atomic mass is 10.2. The van der Waals surface area contributed by atoms with Crippen molar-refractivity contribution in [1.82, 2.24) is 9.80 Å². The Kier molecular flexibility index (Phi) is 2.37. The van der Waals surface area contributed by atoms with E-state index in [0.29, 0.717) is 0 Å². The van der Waals surface area contributed by atoms with E-state index in [4.69, 9.17) is 0 Å². The molecule has 1 atom stereocenters. The zero-order chi connectivity index (χ0) is 8.55. The molecule has 1 saturated heterocycles. The molecule has 0 spiro atoms. The lowest BCUT2D eigenvalue weighted by Crippen LogP contribution is -2.50. The van der Waals surface area contributed by atoms with Gasteiger partial charge in [-0.2, -0.15) is 0 Å². The fraction of sp³-hybridized carbons (Fsp3) is 1.00. The van der Waals surface area contributed by atoms with Gasteiger partial charge >= 0.3 is 0 Å². The van der Waals surface area contributed by atoms with E-state index >= 15 is 0 Å². The Morgan fingerprint density at radius 3 is 2.58 bits per heavy atom. The summed E-state index contributed by atoms with van der Waals surface area (Å²) in [5.74, 6) is 1.05. The molecule has 12 heavy (non-hydrogen) atoms. The predicted molar refractivity (Wildman–Crippen MR) is 51.3 cm³/mol. The second-order valence-electron chi connectivity index (χ2n) is 4.55. The minimum Gasteiger partial charge on any atom is -0.304 e. The summed E-state index contributed by atoms with van der Waals surface area (Å²) in [5.41, 5.74) is 0. The highest BCUT2D eigenvalue weighted by Gasteiger charge is 2.28. The van der Waals surface area contributed by atoms with E-state index < -0.39 is 0 Å². The van der Waals surface area contributed by atoms with E-state index in [-0.39, 0.29) is 0 Å². The Balaban J connectivity index is 1.80. The van der Waals surface area contributed by atoms with Crippen molar-refractivity contribution in [3.8, 4) is 0 Å². The van der Waals surface area contributed by atoms with E-state index in [0.717, 1.165) is 12.0 Å². The van der Waals surface area contributed by atoms with E-state index in [9.17, 15) is 0 Å². The van der Waals surface area contributed by atoms with Crippen LogP contribution in [0.25, 0.3) is 0 Å². The molecule has 1 saturated carbocycles. The second-order valence-corrected chi connectivity index (χ2v) is 4.55. The van der Waals surface area contributed by atoms with Crippen molar-refractivity contribution >= 4 is 0 Å². The zero-order valence-corrected chi connectivity index (χ0v) is 8.29. The van der Waals surface area contributed by atoms with Crippen LogP contribution < -0.4 is 0 Å². The van der Waals surface area contributed by atoms with Crippen LogP contribution in [0.4, 0.5) is 0 Å². The summed E-state index contributed by atoms with van der Waals surface area (Å²) in [7, 11) is 2.23. The van der Waals surface area contributed by atoms with Crippen molar-refractivity contribution in [2.24, 2.45) is 5.92 Å². The highest BCUT2D eigenvalue weighted by molar-refractivity contribution is 4.83. The molecule has 0 bridgehead atoms. The van der Waals surface area contributed by atoms with Crippen LogP contribution >= 0.6 is 0 Å². The van der Waals surface area contributed by atoms with Gasteiger partial charge in [-0.15, -0.1) is 0 Å². The van der Waals surface area contributed by atoms with Crippen LogP contribution in [0.15, 0.2) is 0 Å². The third-order valence-corrected chi connectivity index (χ3v) is 3.16. The fourth-order valence-corrected chi connectivity index (χ4v) is 2.08. The molecule has 0 aromatic heterocycles. The number of hydrogen-bond acceptors (Lipinski definition) is 2. The number of piperazine rings is 1. The summed E-state index contributed by atoms with van der Waals surface area (Å²) in [6.07, 6.45) is 2.97. The zero-order valence-electron chi connectivity index (χ0n) is 8.29. The van der Waals surface area contributed by atoms with Crippen LogP contribution in [0.5, 0.6) is 0 Å². The number of likely N-dealkylation sites (N-methyl/N-ethyl adjacent to an activating group) is 1. The SMILES string of the molecule is CC1CN(C)CCN1CC1CC1. The molecule has 0 N–H and O–H groups in total. The maximum absolute atomic E-state index is 2.66. The van der Waals surface area contributed by atoms with Gasteiger partial charge in [-0.1, -0.05) is 0 Å². The molecule has 70 valence electrons. The van der Waals surface area contributed by atoms with E-state index in [2.05, 4.69) is 23.8 Å². The molecule has 1 unspecified atom stereocenters. The lowest BCUT2D eigenvalue weighted by Gasteiger charge is -2.38. The number of rotatable bonds is 2. The molecule has 0 amide bonds. The maximum Gasteiger partial charge on any atom is 0.0195 e. The summed E-state index contributed by atoms with van der Waals surface area (Å²) in [5, 5.41) is 0. The van der Waals surface area contributed by atoms with Crippen molar-refractivity contribution in [3.63, 3.8) is 0 Å². The lowest BCUT2D eigenvalue weighted by molar-refractivity contribution is 0.0959. The monoisotopic (exact) mass is 168 g/mol. The summed E-state index contributed by atoms with van der Waals surface area (Å²) in [6, 6.07) is 0.782. The van der Waals surface area contributed by atoms with Crippen LogP contribution in [0.2, 0.25) is 0 Å². The Morgan fingerprint density at radius 1 is 1.25 bits per heavy atom. The molecule has 2 heteroatoms. The maximum atomic E-state index is 2.66. The van der Waals surface area contributed by atoms with Gasteiger partial charge in [0.05, 0.1) is 0 Å². The van der Waals surface area contributed by atoms with Gasteiger partial charge in [0.1, 0.15) is 0 Å². The normalized spacial score (nSPS) is 34.0. The first kappa shape index (κ1) is 8.52. The van der Waals surface area contributed by atoms with Crippen molar-refractivity contribution < 1.29 is 0 Å². The molecule has 2 rings (SSSR count). The van der Waals surface area contributed by atoms with Crippen molar-refractivity contribution in [2.75, 3.05) is 33.2 Å². The van der Waals surface area contributed by atoms with E-state index in [1.165, 1.54) is 39.0 Å². The Labute approximate surface area is 75.5 Å². The van der Waals surface area contributed by atoms with Crippen LogP contribution in [0, 0.1) is 5.92 Å². The first-order valence-electron chi connectivity index (χ1n) is 5.18. The highest BCUT2D eigenvalue weighted by atomic mass is 15.3. The average molecular weight is 168 g/mol. The minimum absolute atomic E-state index is 0.782. The molecule has 2 nitrogen and oxygen atoms in total. The molecular weight excluding hydrogens is 148 g/mol. The average Bonchev–Trinajstić information content (AvgIpc) is 2.79. The Hall–Kier alpha value is -0.0800. The van der Waals surface area contributed by atoms with Gasteiger partial charge in [0.2, 0.25) is 0 Å². The van der Waals surface area contributed by atoms with Crippen molar-refractivity contribution in [3.05, 3.63) is 0 Å². The molecule has 0 radical (unpaired) electrons. The molecule has 1 aliphatic carbocycles. The Bertz CT molecular complexity index is 154. The van der Waals surface area contributed by atoms with Crippen LogP contribution in [0.3, 0.4) is 0 Å². The highest BCUT2D eigenvalue weighted by Crippen LogP contribution is 2.30. The Morgan fingerprint density at radius 2 is 2.00 bits per heavy atom. The molecule has 2 fully saturated rings. The van der Waals surface area contributed by atoms with Gasteiger partial charge in [0.15, 0.2) is 0 Å². The van der Waals surface area contributed by atoms with Crippen molar-refractivity contribution in [2.45, 2.75) is 25.8 Å². The van der Waals surface area contributed by atoms with Gasteiger partial charge in [0, 0.05) is 32.2 Å². The number of hydrogen-bond donors (Lipinski definition) is 0. The first-order valence-corrected chi connectivity index (χ1v) is 5.18. The van der Waals surface area contributed by atoms with Crippen LogP contribution in [0.1, 0.15) is 19.8 Å². The predicted octanol–water partition coefficient (Wildman–Crippen LogP) is 1.03. The van der Waals surface area contributed by atoms with Crippen LogP contribution in [-0.4, -0.2) is 49.1 Å². The smallest absolute Gasteiger partial charge is 0.0195 e. The standard InChI is InChI=1S/C10H20N2/c1-9-7-11(2)5-6-12(9)8-10-3-4-10/h9-10H,3-8H2,1-2H3. The van der Waals surface area contributed by atoms with Gasteiger partial charge in [-0.05, 0) is 32.7 Å². The van der Waals surface area contributed by atoms with Crippen LogP contribution in [-0.2, 0) is 0 Å². The second kappa shape index (κ2) is 3.35. The summed E-state index contributed by atoms with van der Waals surface area (Å²) < 4.78 is 0. The summed E-state index contributed by atoms with van der Waals surface area (Å²) in [4.78, 5) is 5.10. The molecule has 2 aliphatic rings. The van der Waals surface area contributed by atoms with Gasteiger partial charge in [-0.25, -0.2) is 0 Å². The topological polar surface area (TPSA) is 6.48 Å². The molecule has 1 aliphatic heterocycles.